The smallest absolute Gasteiger partial charge is 0.303 e. The van der Waals surface area contributed by atoms with Crippen molar-refractivity contribution in [2.75, 3.05) is 32.1 Å². The minimum atomic E-state index is -4.67. The molecule has 2 aromatic carbocycles. The number of fused-ring (bicyclic) bond motifs is 1. The number of aliphatic carboxylic acids is 1. The Kier molecular flexibility index (Phi) is 11.4. The van der Waals surface area contributed by atoms with E-state index in [9.17, 15) is 27.6 Å². The number of sulfonamides is 1. The highest BCUT2D eigenvalue weighted by Gasteiger charge is 2.37. The molecule has 0 saturated heterocycles. The summed E-state index contributed by atoms with van der Waals surface area (Å²) in [6.45, 7) is -0.693. The first-order valence-corrected chi connectivity index (χ1v) is 13.7. The summed E-state index contributed by atoms with van der Waals surface area (Å²) < 4.78 is 28.4. The minimum Gasteiger partial charge on any atom is -0.481 e. The summed E-state index contributed by atoms with van der Waals surface area (Å²) in [4.78, 5) is 50.0. The van der Waals surface area contributed by atoms with E-state index in [0.29, 0.717) is 15.1 Å². The largest absolute Gasteiger partial charge is 0.481 e. The van der Waals surface area contributed by atoms with E-state index < -0.39 is 46.4 Å². The third kappa shape index (κ3) is 8.13. The summed E-state index contributed by atoms with van der Waals surface area (Å²) in [6, 6.07) is 6.80. The van der Waals surface area contributed by atoms with Gasteiger partial charge in [-0.15, -0.1) is 0 Å². The molecule has 0 heterocycles. The Morgan fingerprint density at radius 1 is 1.07 bits per heavy atom. The Morgan fingerprint density at radius 2 is 1.73 bits per heavy atom. The number of guanidine groups is 1. The van der Waals surface area contributed by atoms with Crippen LogP contribution < -0.4 is 27.0 Å². The summed E-state index contributed by atoms with van der Waals surface area (Å²) in [5.74, 6) is -3.45. The first-order valence-electron chi connectivity index (χ1n) is 12.3. The van der Waals surface area contributed by atoms with Crippen molar-refractivity contribution in [2.45, 2.75) is 42.7 Å². The molecule has 0 fully saturated rings. The molecule has 15 heteroatoms. The van der Waals surface area contributed by atoms with E-state index in [1.165, 1.54) is 12.1 Å². The Labute approximate surface area is 232 Å². The van der Waals surface area contributed by atoms with Crippen LogP contribution in [0.5, 0.6) is 0 Å². The molecule has 2 aromatic rings. The number of carbonyl (C=O) groups excluding carboxylic acids is 3. The van der Waals surface area contributed by atoms with Crippen LogP contribution in [-0.2, 0) is 29.2 Å². The van der Waals surface area contributed by atoms with Crippen molar-refractivity contribution in [3.8, 4) is 0 Å². The number of hydrogen-bond acceptors (Lipinski definition) is 9. The van der Waals surface area contributed by atoms with E-state index >= 15 is 0 Å². The summed E-state index contributed by atoms with van der Waals surface area (Å²) >= 11 is 0. The molecule has 2 atom stereocenters. The van der Waals surface area contributed by atoms with E-state index in [-0.39, 0.29) is 43.1 Å². The molecule has 14 nitrogen and oxygen atoms in total. The lowest BCUT2D eigenvalue weighted by atomic mass is 10.1. The maximum Gasteiger partial charge on any atom is 0.303 e. The number of anilines is 1. The zero-order chi connectivity index (χ0) is 30.0. The van der Waals surface area contributed by atoms with Gasteiger partial charge in [-0.05, 0) is 31.4 Å². The average molecular weight is 577 g/mol. The second kappa shape index (κ2) is 14.2. The van der Waals surface area contributed by atoms with E-state index in [2.05, 4.69) is 10.6 Å². The molecule has 0 aromatic heterocycles. The molecule has 0 aliphatic carbocycles. The molecule has 2 amide bonds. The number of nitrogens with two attached hydrogens (primary N) is 2. The van der Waals surface area contributed by atoms with Crippen LogP contribution in [0.25, 0.3) is 10.8 Å². The summed E-state index contributed by atoms with van der Waals surface area (Å²) in [6.07, 6.45) is 1.06. The molecule has 0 bridgehead atoms. The average Bonchev–Trinajstić information content (AvgIpc) is 2.90. The Morgan fingerprint density at radius 3 is 2.33 bits per heavy atom. The number of amides is 2. The summed E-state index contributed by atoms with van der Waals surface area (Å²) in [7, 11) is -1.08. The van der Waals surface area contributed by atoms with Gasteiger partial charge in [-0.25, -0.2) is 12.7 Å². The molecule has 2 rings (SSSR count). The predicted molar refractivity (Wildman–Crippen MR) is 149 cm³/mol. The van der Waals surface area contributed by atoms with Gasteiger partial charge in [-0.3, -0.25) is 24.6 Å². The van der Waals surface area contributed by atoms with Crippen LogP contribution in [0.3, 0.4) is 0 Å². The lowest BCUT2D eigenvalue weighted by Crippen LogP contribution is -2.51. The van der Waals surface area contributed by atoms with Crippen LogP contribution in [0.15, 0.2) is 41.3 Å². The zero-order valence-corrected chi connectivity index (χ0v) is 23.0. The second-order valence-corrected chi connectivity index (χ2v) is 10.9. The lowest BCUT2D eigenvalue weighted by Gasteiger charge is -2.28. The van der Waals surface area contributed by atoms with Gasteiger partial charge in [0.1, 0.15) is 6.04 Å². The number of carboxylic acids is 1. The number of carboxylic acid groups (broad SMARTS) is 1. The zero-order valence-electron chi connectivity index (χ0n) is 22.2. The van der Waals surface area contributed by atoms with Crippen LogP contribution in [0, 0.1) is 5.41 Å². The SMILES string of the molecule is CN(C)c1cccc2c(S(=O)(=O)N(C(=O)CNC(=O)[C@@H](N)CCC(=O)O)[C@H]([C]=O)CCCNC(=N)N)cccc12. The van der Waals surface area contributed by atoms with Crippen LogP contribution in [0.4, 0.5) is 5.69 Å². The van der Waals surface area contributed by atoms with Crippen LogP contribution in [0.2, 0.25) is 0 Å². The molecule has 40 heavy (non-hydrogen) atoms. The van der Waals surface area contributed by atoms with E-state index in [1.807, 2.05) is 0 Å². The van der Waals surface area contributed by atoms with Crippen molar-refractivity contribution in [2.24, 2.45) is 11.5 Å². The Hall–Kier alpha value is -4.24. The number of rotatable bonds is 15. The third-order valence-corrected chi connectivity index (χ3v) is 7.82. The standard InChI is InChI=1S/C25H34N7O7S/c1-31(2)20-9-3-8-18-17(20)7-4-10-21(18)40(38,39)32(16(15-33)6-5-13-29-25(27)28)22(34)14-30-24(37)19(26)11-12-23(35)36/h3-4,7-10,16,19H,5-6,11-14,26H2,1-2H3,(H,30,37)(H,35,36)(H4,27,28,29)/t16-,19-/m0/s1. The van der Waals surface area contributed by atoms with Gasteiger partial charge >= 0.3 is 5.97 Å². The van der Waals surface area contributed by atoms with Gasteiger partial charge in [0.05, 0.1) is 17.5 Å². The summed E-state index contributed by atoms with van der Waals surface area (Å²) in [5.41, 5.74) is 11.7. The van der Waals surface area contributed by atoms with Gasteiger partial charge in [-0.1, -0.05) is 24.3 Å². The second-order valence-electron chi connectivity index (χ2n) is 9.09. The molecule has 8 N–H and O–H groups in total. The monoisotopic (exact) mass is 576 g/mol. The number of nitrogens with zero attached hydrogens (tertiary/aromatic N) is 2. The number of carbonyl (C=O) groups is 3. The molecule has 1 radical (unpaired) electrons. The van der Waals surface area contributed by atoms with Crippen molar-refractivity contribution in [1.29, 1.82) is 5.41 Å². The molecule has 0 aliphatic heterocycles. The first-order chi connectivity index (χ1) is 18.8. The maximum absolute atomic E-state index is 14.0. The van der Waals surface area contributed by atoms with Crippen molar-refractivity contribution in [3.05, 3.63) is 36.4 Å². The van der Waals surface area contributed by atoms with Gasteiger partial charge < -0.3 is 32.1 Å². The van der Waals surface area contributed by atoms with E-state index in [4.69, 9.17) is 22.0 Å². The quantitative estimate of drug-likeness (QED) is 0.0897. The molecule has 0 unspecified atom stereocenters. The molecule has 0 saturated carbocycles. The fourth-order valence-corrected chi connectivity index (χ4v) is 5.72. The third-order valence-electron chi connectivity index (χ3n) is 5.93. The normalized spacial score (nSPS) is 12.7. The highest BCUT2D eigenvalue weighted by Crippen LogP contribution is 2.32. The molecule has 217 valence electrons. The van der Waals surface area contributed by atoms with Crippen molar-refractivity contribution < 1.29 is 32.7 Å². The van der Waals surface area contributed by atoms with Crippen LogP contribution in [0.1, 0.15) is 25.7 Å². The predicted octanol–water partition coefficient (Wildman–Crippen LogP) is -0.527. The lowest BCUT2D eigenvalue weighted by molar-refractivity contribution is -0.137. The van der Waals surface area contributed by atoms with Crippen molar-refractivity contribution >= 4 is 56.5 Å². The molecular formula is C25H34N7O7S. The van der Waals surface area contributed by atoms with Gasteiger partial charge in [0.2, 0.25) is 12.2 Å². The highest BCUT2D eigenvalue weighted by molar-refractivity contribution is 7.90. The van der Waals surface area contributed by atoms with Crippen LogP contribution >= 0.6 is 0 Å². The fraction of sp³-hybridized carbons (Fsp3) is 0.400. The highest BCUT2D eigenvalue weighted by atomic mass is 32.2. The van der Waals surface area contributed by atoms with Gasteiger partial charge in [0.15, 0.2) is 5.96 Å². The minimum absolute atomic E-state index is 0.130. The Balaban J connectivity index is 2.47. The molecule has 0 aliphatic rings. The first kappa shape index (κ1) is 32.0. The van der Waals surface area contributed by atoms with E-state index in [1.54, 1.807) is 49.5 Å². The van der Waals surface area contributed by atoms with Gasteiger partial charge in [-0.2, -0.15) is 0 Å². The molecule has 0 spiro atoms. The van der Waals surface area contributed by atoms with E-state index in [0.717, 1.165) is 5.69 Å². The number of benzene rings is 2. The van der Waals surface area contributed by atoms with Gasteiger partial charge in [0.25, 0.3) is 15.9 Å². The topological polar surface area (TPSA) is 229 Å². The van der Waals surface area contributed by atoms with Gasteiger partial charge in [0, 0.05) is 43.5 Å². The maximum atomic E-state index is 14.0. The Bertz CT molecular complexity index is 1360. The number of hydrogen-bond donors (Lipinski definition) is 6. The van der Waals surface area contributed by atoms with Crippen molar-refractivity contribution in [1.82, 2.24) is 14.9 Å². The van der Waals surface area contributed by atoms with Crippen molar-refractivity contribution in [3.63, 3.8) is 0 Å². The molecular weight excluding hydrogens is 542 g/mol. The summed E-state index contributed by atoms with van der Waals surface area (Å²) in [5, 5.41) is 21.7. The number of nitrogens with one attached hydrogen (secondary N) is 3. The van der Waals surface area contributed by atoms with Crippen LogP contribution in [-0.4, -0.2) is 87.1 Å². The fourth-order valence-electron chi connectivity index (χ4n) is 3.99.